The minimum atomic E-state index is 0.0842. The number of carbonyl (C=O) groups excluding carboxylic acids is 1. The number of aryl methyl sites for hydroxylation is 1. The van der Waals surface area contributed by atoms with Gasteiger partial charge in [-0.25, -0.2) is 4.68 Å². The van der Waals surface area contributed by atoms with E-state index in [4.69, 9.17) is 0 Å². The van der Waals surface area contributed by atoms with Gasteiger partial charge in [0.25, 0.3) is 5.91 Å². The van der Waals surface area contributed by atoms with Crippen molar-refractivity contribution in [2.75, 3.05) is 24.5 Å². The summed E-state index contributed by atoms with van der Waals surface area (Å²) in [5, 5.41) is 4.25. The quantitative estimate of drug-likeness (QED) is 0.717. The lowest BCUT2D eigenvalue weighted by Crippen LogP contribution is -2.54. The zero-order chi connectivity index (χ0) is 18.8. The minimum absolute atomic E-state index is 0.0842. The Kier molecular flexibility index (Phi) is 4.67. The summed E-state index contributed by atoms with van der Waals surface area (Å²) in [5.41, 5.74) is 4.14. The number of hydrogen-bond donors (Lipinski definition) is 0. The predicted octanol–water partition coefficient (Wildman–Crippen LogP) is 3.53. The molecule has 1 saturated heterocycles. The van der Waals surface area contributed by atoms with Gasteiger partial charge in [-0.05, 0) is 49.7 Å². The maximum atomic E-state index is 13.1. The lowest BCUT2D eigenvalue weighted by Gasteiger charge is -2.41. The molecule has 2 heterocycles. The van der Waals surface area contributed by atoms with Crippen molar-refractivity contribution < 1.29 is 4.79 Å². The third-order valence-corrected chi connectivity index (χ3v) is 5.21. The molecule has 1 aliphatic rings. The SMILES string of the molecule is Cc1ccccc1N1CCN(C(=O)c2cccc(-n3cccn3)c2)C(C)C1. The van der Waals surface area contributed by atoms with Gasteiger partial charge in [0.05, 0.1) is 5.69 Å². The van der Waals surface area contributed by atoms with Crippen LogP contribution in [-0.2, 0) is 0 Å². The molecule has 1 amide bonds. The molecule has 0 radical (unpaired) electrons. The Morgan fingerprint density at radius 1 is 1.07 bits per heavy atom. The van der Waals surface area contributed by atoms with Crippen LogP contribution in [0.4, 0.5) is 5.69 Å². The van der Waals surface area contributed by atoms with E-state index in [0.29, 0.717) is 5.56 Å². The molecular weight excluding hydrogens is 336 g/mol. The van der Waals surface area contributed by atoms with E-state index in [0.717, 1.165) is 25.3 Å². The summed E-state index contributed by atoms with van der Waals surface area (Å²) in [4.78, 5) is 17.5. The van der Waals surface area contributed by atoms with Crippen LogP contribution in [0, 0.1) is 6.92 Å². The summed E-state index contributed by atoms with van der Waals surface area (Å²) in [6.45, 7) is 6.67. The highest BCUT2D eigenvalue weighted by Crippen LogP contribution is 2.24. The van der Waals surface area contributed by atoms with Crippen LogP contribution < -0.4 is 4.90 Å². The van der Waals surface area contributed by atoms with Crippen LogP contribution in [0.2, 0.25) is 0 Å². The second kappa shape index (κ2) is 7.27. The van der Waals surface area contributed by atoms with E-state index in [2.05, 4.69) is 48.1 Å². The van der Waals surface area contributed by atoms with E-state index in [-0.39, 0.29) is 11.9 Å². The average molecular weight is 360 g/mol. The van der Waals surface area contributed by atoms with Crippen molar-refractivity contribution in [1.29, 1.82) is 0 Å². The summed E-state index contributed by atoms with van der Waals surface area (Å²) in [7, 11) is 0. The Labute approximate surface area is 159 Å². The van der Waals surface area contributed by atoms with Crippen molar-refractivity contribution in [3.05, 3.63) is 78.1 Å². The second-order valence-electron chi connectivity index (χ2n) is 7.08. The lowest BCUT2D eigenvalue weighted by molar-refractivity contribution is 0.0674. The molecule has 1 aliphatic heterocycles. The fourth-order valence-electron chi connectivity index (χ4n) is 3.77. The van der Waals surface area contributed by atoms with Crippen molar-refractivity contribution >= 4 is 11.6 Å². The first-order chi connectivity index (χ1) is 13.1. The van der Waals surface area contributed by atoms with Crippen molar-refractivity contribution in [2.45, 2.75) is 19.9 Å². The fourth-order valence-corrected chi connectivity index (χ4v) is 3.77. The standard InChI is InChI=1S/C22H24N4O/c1-17-7-3-4-10-21(17)24-13-14-25(18(2)16-24)22(27)19-8-5-9-20(15-19)26-12-6-11-23-26/h3-12,15,18H,13-14,16H2,1-2H3. The molecule has 0 spiro atoms. The highest BCUT2D eigenvalue weighted by Gasteiger charge is 2.28. The van der Waals surface area contributed by atoms with Crippen LogP contribution in [0.25, 0.3) is 5.69 Å². The van der Waals surface area contributed by atoms with E-state index in [1.165, 1.54) is 11.3 Å². The van der Waals surface area contributed by atoms with Gasteiger partial charge in [0.2, 0.25) is 0 Å². The highest BCUT2D eigenvalue weighted by atomic mass is 16.2. The number of amides is 1. The molecule has 0 N–H and O–H groups in total. The van der Waals surface area contributed by atoms with Crippen molar-refractivity contribution in [3.8, 4) is 5.69 Å². The lowest BCUT2D eigenvalue weighted by atomic mass is 10.1. The van der Waals surface area contributed by atoms with Gasteiger partial charge in [0.15, 0.2) is 0 Å². The van der Waals surface area contributed by atoms with Gasteiger partial charge in [-0.3, -0.25) is 4.79 Å². The van der Waals surface area contributed by atoms with Crippen LogP contribution in [0.1, 0.15) is 22.8 Å². The summed E-state index contributed by atoms with van der Waals surface area (Å²) >= 11 is 0. The zero-order valence-corrected chi connectivity index (χ0v) is 15.7. The van der Waals surface area contributed by atoms with Gasteiger partial charge < -0.3 is 9.80 Å². The van der Waals surface area contributed by atoms with Gasteiger partial charge in [0.1, 0.15) is 0 Å². The number of anilines is 1. The normalized spacial score (nSPS) is 17.2. The highest BCUT2D eigenvalue weighted by molar-refractivity contribution is 5.95. The fraction of sp³-hybridized carbons (Fsp3) is 0.273. The second-order valence-corrected chi connectivity index (χ2v) is 7.08. The molecule has 1 fully saturated rings. The minimum Gasteiger partial charge on any atom is -0.367 e. The Morgan fingerprint density at radius 3 is 2.67 bits per heavy atom. The topological polar surface area (TPSA) is 41.4 Å². The summed E-state index contributed by atoms with van der Waals surface area (Å²) in [5.74, 6) is 0.0842. The summed E-state index contributed by atoms with van der Waals surface area (Å²) < 4.78 is 1.77. The number of hydrogen-bond acceptors (Lipinski definition) is 3. The Morgan fingerprint density at radius 2 is 1.93 bits per heavy atom. The van der Waals surface area contributed by atoms with E-state index in [9.17, 15) is 4.79 Å². The van der Waals surface area contributed by atoms with Crippen LogP contribution in [-0.4, -0.2) is 46.3 Å². The number of carbonyl (C=O) groups is 1. The zero-order valence-electron chi connectivity index (χ0n) is 15.7. The van der Waals surface area contributed by atoms with Crippen LogP contribution in [0.5, 0.6) is 0 Å². The Bertz CT molecular complexity index is 935. The predicted molar refractivity (Wildman–Crippen MR) is 107 cm³/mol. The van der Waals surface area contributed by atoms with E-state index < -0.39 is 0 Å². The molecule has 5 nitrogen and oxygen atoms in total. The number of para-hydroxylation sites is 1. The molecule has 1 aromatic heterocycles. The van der Waals surface area contributed by atoms with Crippen molar-refractivity contribution in [3.63, 3.8) is 0 Å². The summed E-state index contributed by atoms with van der Waals surface area (Å²) in [6.07, 6.45) is 3.62. The molecule has 1 unspecified atom stereocenters. The third kappa shape index (κ3) is 3.45. The third-order valence-electron chi connectivity index (χ3n) is 5.21. The van der Waals surface area contributed by atoms with Crippen LogP contribution in [0.15, 0.2) is 67.0 Å². The van der Waals surface area contributed by atoms with Gasteiger partial charge in [-0.15, -0.1) is 0 Å². The maximum absolute atomic E-state index is 13.1. The molecule has 138 valence electrons. The molecular formula is C22H24N4O. The average Bonchev–Trinajstić information content (AvgIpc) is 3.23. The first-order valence-corrected chi connectivity index (χ1v) is 9.35. The Balaban J connectivity index is 1.51. The van der Waals surface area contributed by atoms with E-state index in [1.807, 2.05) is 41.4 Å². The van der Waals surface area contributed by atoms with Crippen LogP contribution >= 0.6 is 0 Å². The molecule has 0 saturated carbocycles. The van der Waals surface area contributed by atoms with Gasteiger partial charge in [-0.2, -0.15) is 5.10 Å². The van der Waals surface area contributed by atoms with E-state index >= 15 is 0 Å². The van der Waals surface area contributed by atoms with Gasteiger partial charge in [-0.1, -0.05) is 24.3 Å². The molecule has 0 bridgehead atoms. The number of aromatic nitrogens is 2. The maximum Gasteiger partial charge on any atom is 0.254 e. The first-order valence-electron chi connectivity index (χ1n) is 9.35. The molecule has 2 aromatic carbocycles. The molecule has 27 heavy (non-hydrogen) atoms. The van der Waals surface area contributed by atoms with Crippen LogP contribution in [0.3, 0.4) is 0 Å². The van der Waals surface area contributed by atoms with Gasteiger partial charge in [0, 0.05) is 49.3 Å². The Hall–Kier alpha value is -3.08. The summed E-state index contributed by atoms with van der Waals surface area (Å²) in [6, 6.07) is 18.1. The molecule has 0 aliphatic carbocycles. The smallest absolute Gasteiger partial charge is 0.254 e. The van der Waals surface area contributed by atoms with Crippen molar-refractivity contribution in [1.82, 2.24) is 14.7 Å². The molecule has 1 atom stereocenters. The monoisotopic (exact) mass is 360 g/mol. The van der Waals surface area contributed by atoms with E-state index in [1.54, 1.807) is 10.9 Å². The van der Waals surface area contributed by atoms with Gasteiger partial charge >= 0.3 is 0 Å². The van der Waals surface area contributed by atoms with Crippen molar-refractivity contribution in [2.24, 2.45) is 0 Å². The first kappa shape index (κ1) is 17.3. The number of nitrogens with zero attached hydrogens (tertiary/aromatic N) is 4. The number of benzene rings is 2. The molecule has 4 rings (SSSR count). The largest absolute Gasteiger partial charge is 0.367 e. The molecule has 5 heteroatoms. The number of rotatable bonds is 3. The molecule has 3 aromatic rings. The number of piperazine rings is 1.